The molecule has 4 rings (SSSR count). The Morgan fingerprint density at radius 2 is 2.11 bits per heavy atom. The van der Waals surface area contributed by atoms with Crippen molar-refractivity contribution in [1.29, 1.82) is 0 Å². The predicted octanol–water partition coefficient (Wildman–Crippen LogP) is 3.86. The maximum Gasteiger partial charge on any atom is 0.257 e. The summed E-state index contributed by atoms with van der Waals surface area (Å²) in [5.41, 5.74) is 2.25. The highest BCUT2D eigenvalue weighted by molar-refractivity contribution is 5.95. The van der Waals surface area contributed by atoms with Crippen molar-refractivity contribution < 1.29 is 13.7 Å². The second-order valence-corrected chi connectivity index (χ2v) is 6.69. The van der Waals surface area contributed by atoms with Crippen LogP contribution < -0.4 is 0 Å². The van der Waals surface area contributed by atoms with E-state index in [-0.39, 0.29) is 17.5 Å². The largest absolute Gasteiger partial charge is 0.356 e. The number of aryl methyl sites for hydroxylation is 2. The van der Waals surface area contributed by atoms with Crippen molar-refractivity contribution in [3.8, 4) is 11.3 Å². The zero-order valence-corrected chi connectivity index (χ0v) is 15.1. The fraction of sp³-hybridized carbons (Fsp3) is 0.300. The summed E-state index contributed by atoms with van der Waals surface area (Å²) >= 11 is 0. The normalized spacial score (nSPS) is 16.7. The summed E-state index contributed by atoms with van der Waals surface area (Å²) in [6, 6.07) is 7.61. The van der Waals surface area contributed by atoms with E-state index in [4.69, 9.17) is 4.52 Å². The first kappa shape index (κ1) is 17.3. The van der Waals surface area contributed by atoms with Crippen LogP contribution in [0.5, 0.6) is 0 Å². The molecule has 3 heterocycles. The van der Waals surface area contributed by atoms with Crippen LogP contribution in [0.4, 0.5) is 4.39 Å². The van der Waals surface area contributed by atoms with Gasteiger partial charge in [-0.15, -0.1) is 0 Å². The third-order valence-corrected chi connectivity index (χ3v) is 4.77. The van der Waals surface area contributed by atoms with Gasteiger partial charge in [0, 0.05) is 18.8 Å². The number of likely N-dealkylation sites (tertiary alicyclic amines) is 1. The third-order valence-electron chi connectivity index (χ3n) is 4.77. The zero-order valence-electron chi connectivity index (χ0n) is 15.1. The van der Waals surface area contributed by atoms with Crippen molar-refractivity contribution in [2.75, 3.05) is 6.54 Å². The maximum atomic E-state index is 14.1. The molecule has 0 unspecified atom stereocenters. The van der Waals surface area contributed by atoms with Crippen LogP contribution >= 0.6 is 0 Å². The van der Waals surface area contributed by atoms with Gasteiger partial charge in [-0.1, -0.05) is 17.3 Å². The number of carbonyl (C=O) groups excluding carboxylic acids is 1. The Balaban J connectivity index is 1.75. The van der Waals surface area contributed by atoms with Gasteiger partial charge in [0.05, 0.1) is 28.6 Å². The smallest absolute Gasteiger partial charge is 0.257 e. The standard InChI is InChI=1S/C20H19FN4O2/c1-12-10-18(27-24-12)15-11-22-13(2)23-19(15)17-8-5-9-25(17)20(26)14-6-3-4-7-16(14)21/h3-4,6-7,10-11,17H,5,8-9H2,1-2H3/t17-/m0/s1. The van der Waals surface area contributed by atoms with E-state index in [1.807, 2.05) is 13.0 Å². The Kier molecular flexibility index (Phi) is 4.43. The number of hydrogen-bond donors (Lipinski definition) is 0. The number of amides is 1. The minimum atomic E-state index is -0.516. The summed E-state index contributed by atoms with van der Waals surface area (Å²) < 4.78 is 19.5. The summed E-state index contributed by atoms with van der Waals surface area (Å²) in [6.07, 6.45) is 3.27. The van der Waals surface area contributed by atoms with Crippen LogP contribution in [0, 0.1) is 19.7 Å². The van der Waals surface area contributed by atoms with Gasteiger partial charge in [-0.25, -0.2) is 14.4 Å². The van der Waals surface area contributed by atoms with Crippen molar-refractivity contribution in [2.45, 2.75) is 32.7 Å². The summed E-state index contributed by atoms with van der Waals surface area (Å²) in [5, 5.41) is 3.94. The lowest BCUT2D eigenvalue weighted by molar-refractivity contribution is 0.0728. The number of rotatable bonds is 3. The molecule has 27 heavy (non-hydrogen) atoms. The van der Waals surface area contributed by atoms with Gasteiger partial charge in [0.25, 0.3) is 5.91 Å². The van der Waals surface area contributed by atoms with Crippen LogP contribution in [0.1, 0.15) is 46.5 Å². The van der Waals surface area contributed by atoms with E-state index in [9.17, 15) is 9.18 Å². The van der Waals surface area contributed by atoms with E-state index in [1.165, 1.54) is 12.1 Å². The molecule has 7 heteroatoms. The summed E-state index contributed by atoms with van der Waals surface area (Å²) in [6.45, 7) is 4.19. The van der Waals surface area contributed by atoms with Crippen LogP contribution in [-0.2, 0) is 0 Å². The molecule has 0 bridgehead atoms. The summed E-state index contributed by atoms with van der Waals surface area (Å²) in [4.78, 5) is 23.6. The average molecular weight is 366 g/mol. The molecule has 6 nitrogen and oxygen atoms in total. The first-order valence-corrected chi connectivity index (χ1v) is 8.87. The van der Waals surface area contributed by atoms with Crippen LogP contribution in [0.25, 0.3) is 11.3 Å². The molecular weight excluding hydrogens is 347 g/mol. The second-order valence-electron chi connectivity index (χ2n) is 6.69. The molecule has 2 aromatic heterocycles. The molecule has 0 aliphatic carbocycles. The molecule has 0 spiro atoms. The van der Waals surface area contributed by atoms with Gasteiger partial charge in [-0.3, -0.25) is 4.79 Å². The van der Waals surface area contributed by atoms with E-state index in [1.54, 1.807) is 30.2 Å². The summed E-state index contributed by atoms with van der Waals surface area (Å²) in [5.74, 6) is 0.326. The lowest BCUT2D eigenvalue weighted by Crippen LogP contribution is -2.32. The van der Waals surface area contributed by atoms with Crippen LogP contribution in [-0.4, -0.2) is 32.5 Å². The Morgan fingerprint density at radius 1 is 1.30 bits per heavy atom. The Bertz CT molecular complexity index is 1000. The van der Waals surface area contributed by atoms with Crippen molar-refractivity contribution in [1.82, 2.24) is 20.0 Å². The van der Waals surface area contributed by atoms with Crippen LogP contribution in [0.15, 0.2) is 41.1 Å². The van der Waals surface area contributed by atoms with Gasteiger partial charge < -0.3 is 9.42 Å². The molecular formula is C20H19FN4O2. The number of nitrogens with zero attached hydrogens (tertiary/aromatic N) is 4. The average Bonchev–Trinajstić information content (AvgIpc) is 3.30. The minimum Gasteiger partial charge on any atom is -0.356 e. The van der Waals surface area contributed by atoms with Crippen LogP contribution in [0.3, 0.4) is 0 Å². The predicted molar refractivity (Wildman–Crippen MR) is 96.4 cm³/mol. The van der Waals surface area contributed by atoms with Crippen molar-refractivity contribution in [3.63, 3.8) is 0 Å². The monoisotopic (exact) mass is 366 g/mol. The van der Waals surface area contributed by atoms with Crippen molar-refractivity contribution in [2.24, 2.45) is 0 Å². The molecule has 1 saturated heterocycles. The molecule has 0 radical (unpaired) electrons. The number of aromatic nitrogens is 3. The molecule has 1 aromatic carbocycles. The van der Waals surface area contributed by atoms with E-state index in [0.29, 0.717) is 29.4 Å². The quantitative estimate of drug-likeness (QED) is 0.704. The number of benzene rings is 1. The molecule has 1 aliphatic rings. The first-order valence-electron chi connectivity index (χ1n) is 8.87. The minimum absolute atomic E-state index is 0.0761. The van der Waals surface area contributed by atoms with Gasteiger partial charge in [0.2, 0.25) is 0 Å². The highest BCUT2D eigenvalue weighted by atomic mass is 19.1. The van der Waals surface area contributed by atoms with Gasteiger partial charge in [0.15, 0.2) is 5.76 Å². The highest BCUT2D eigenvalue weighted by Crippen LogP contribution is 2.37. The molecule has 1 atom stereocenters. The highest BCUT2D eigenvalue weighted by Gasteiger charge is 2.35. The van der Waals surface area contributed by atoms with Crippen molar-refractivity contribution in [3.05, 3.63) is 65.1 Å². The zero-order chi connectivity index (χ0) is 19.0. The summed E-state index contributed by atoms with van der Waals surface area (Å²) in [7, 11) is 0. The third kappa shape index (κ3) is 3.20. The maximum absolute atomic E-state index is 14.1. The van der Waals surface area contributed by atoms with Crippen LogP contribution in [0.2, 0.25) is 0 Å². The second kappa shape index (κ2) is 6.90. The Hall–Kier alpha value is -3.09. The molecule has 0 N–H and O–H groups in total. The molecule has 1 fully saturated rings. The first-order chi connectivity index (χ1) is 13.0. The van der Waals surface area contributed by atoms with Gasteiger partial charge in [0.1, 0.15) is 11.6 Å². The van der Waals surface area contributed by atoms with Gasteiger partial charge >= 0.3 is 0 Å². The lowest BCUT2D eigenvalue weighted by Gasteiger charge is -2.26. The SMILES string of the molecule is Cc1cc(-c2cnc(C)nc2[C@@H]2CCCN2C(=O)c2ccccc2F)on1. The number of hydrogen-bond acceptors (Lipinski definition) is 5. The molecule has 0 saturated carbocycles. The fourth-order valence-corrected chi connectivity index (χ4v) is 3.51. The Morgan fingerprint density at radius 3 is 2.85 bits per heavy atom. The number of halogens is 1. The van der Waals surface area contributed by atoms with E-state index in [0.717, 1.165) is 18.5 Å². The van der Waals surface area contributed by atoms with Gasteiger partial charge in [-0.2, -0.15) is 0 Å². The molecule has 138 valence electrons. The van der Waals surface area contributed by atoms with E-state index in [2.05, 4.69) is 15.1 Å². The molecule has 3 aromatic rings. The Labute approximate surface area is 156 Å². The van der Waals surface area contributed by atoms with Gasteiger partial charge in [-0.05, 0) is 38.8 Å². The lowest BCUT2D eigenvalue weighted by atomic mass is 10.0. The molecule has 1 aliphatic heterocycles. The fourth-order valence-electron chi connectivity index (χ4n) is 3.51. The van der Waals surface area contributed by atoms with E-state index < -0.39 is 5.82 Å². The molecule has 1 amide bonds. The van der Waals surface area contributed by atoms with E-state index >= 15 is 0 Å². The number of carbonyl (C=O) groups is 1. The van der Waals surface area contributed by atoms with Crippen molar-refractivity contribution >= 4 is 5.91 Å². The topological polar surface area (TPSA) is 72.1 Å².